The van der Waals surface area contributed by atoms with Crippen molar-refractivity contribution in [1.82, 2.24) is 4.90 Å². The number of thioether (sulfide) groups is 1. The molecule has 6 nitrogen and oxygen atoms in total. The summed E-state index contributed by atoms with van der Waals surface area (Å²) in [6, 6.07) is 14.7. The number of hydrogen-bond acceptors (Lipinski definition) is 5. The van der Waals surface area contributed by atoms with Crippen LogP contribution in [-0.2, 0) is 16.1 Å². The van der Waals surface area contributed by atoms with Crippen molar-refractivity contribution in [1.29, 1.82) is 0 Å². The quantitative estimate of drug-likeness (QED) is 0.291. The van der Waals surface area contributed by atoms with Gasteiger partial charge in [0, 0.05) is 15.1 Å². The number of amides is 3. The lowest BCUT2D eigenvalue weighted by atomic mass is 10.1. The first-order valence-electron chi connectivity index (χ1n) is 11.1. The normalized spacial score (nSPS) is 14.4. The molecule has 0 radical (unpaired) electrons. The second kappa shape index (κ2) is 11.5. The Bertz CT molecular complexity index is 1410. The molecule has 1 aliphatic heterocycles. The van der Waals surface area contributed by atoms with E-state index in [0.717, 1.165) is 32.3 Å². The molecule has 37 heavy (non-hydrogen) atoms. The minimum atomic E-state index is -0.582. The van der Waals surface area contributed by atoms with E-state index in [2.05, 4.69) is 21.2 Å². The van der Waals surface area contributed by atoms with Gasteiger partial charge in [0.05, 0.1) is 17.1 Å². The Kier molecular flexibility index (Phi) is 8.36. The first kappa shape index (κ1) is 26.9. The van der Waals surface area contributed by atoms with E-state index in [4.69, 9.17) is 16.3 Å². The summed E-state index contributed by atoms with van der Waals surface area (Å²) in [4.78, 5) is 38.7. The molecular formula is C27H21BrClFN2O4S. The lowest BCUT2D eigenvalue weighted by molar-refractivity contribution is -0.123. The second-order valence-corrected chi connectivity index (χ2v) is 10.5. The summed E-state index contributed by atoms with van der Waals surface area (Å²) in [5.41, 5.74) is 3.58. The molecule has 3 amide bonds. The number of benzene rings is 3. The predicted octanol–water partition coefficient (Wildman–Crippen LogP) is 7.11. The lowest BCUT2D eigenvalue weighted by Gasteiger charge is -2.14. The monoisotopic (exact) mass is 602 g/mol. The standard InChI is InChI=1S/C27H21BrClFN2O4S/c1-15-10-20(28)23(11-16(15)2)31-25(33)14-36-18-8-6-17(7-9-18)12-24-26(34)32(27(35)37-24)13-19-21(29)4-3-5-22(19)30/h3-12H,13-14H2,1-2H3,(H,31,33)/b24-12-. The average molecular weight is 604 g/mol. The highest BCUT2D eigenvalue weighted by Crippen LogP contribution is 2.35. The number of carbonyl (C=O) groups excluding carboxylic acids is 3. The molecule has 0 bridgehead atoms. The molecule has 0 aromatic heterocycles. The maximum atomic E-state index is 14.1. The SMILES string of the molecule is Cc1cc(Br)c(NC(=O)COc2ccc(/C=C3\SC(=O)N(Cc4c(F)cccc4Cl)C3=O)cc2)cc1C. The highest BCUT2D eigenvalue weighted by molar-refractivity contribution is 9.10. The molecule has 1 heterocycles. The zero-order valence-electron chi connectivity index (χ0n) is 19.8. The molecule has 3 aromatic rings. The lowest BCUT2D eigenvalue weighted by Crippen LogP contribution is -2.28. The maximum Gasteiger partial charge on any atom is 0.293 e. The summed E-state index contributed by atoms with van der Waals surface area (Å²) in [5.74, 6) is -0.948. The third-order valence-corrected chi connectivity index (χ3v) is 7.57. The number of ether oxygens (including phenoxy) is 1. The van der Waals surface area contributed by atoms with E-state index in [1.807, 2.05) is 26.0 Å². The van der Waals surface area contributed by atoms with Crippen molar-refractivity contribution >= 4 is 68.1 Å². The molecule has 0 atom stereocenters. The molecule has 1 aliphatic rings. The van der Waals surface area contributed by atoms with Gasteiger partial charge in [-0.25, -0.2) is 4.39 Å². The fourth-order valence-electron chi connectivity index (χ4n) is 3.50. The van der Waals surface area contributed by atoms with E-state index >= 15 is 0 Å². The van der Waals surface area contributed by atoms with E-state index in [9.17, 15) is 18.8 Å². The fraction of sp³-hybridized carbons (Fsp3) is 0.148. The molecule has 10 heteroatoms. The van der Waals surface area contributed by atoms with Crippen LogP contribution in [-0.4, -0.2) is 28.6 Å². The summed E-state index contributed by atoms with van der Waals surface area (Å²) in [5, 5.41) is 2.46. The minimum Gasteiger partial charge on any atom is -0.484 e. The minimum absolute atomic E-state index is 0.0862. The summed E-state index contributed by atoms with van der Waals surface area (Å²) in [6.45, 7) is 3.53. The molecule has 0 spiro atoms. The van der Waals surface area contributed by atoms with Crippen LogP contribution >= 0.6 is 39.3 Å². The molecule has 190 valence electrons. The zero-order chi connectivity index (χ0) is 26.7. The van der Waals surface area contributed by atoms with E-state index < -0.39 is 17.0 Å². The van der Waals surface area contributed by atoms with Gasteiger partial charge in [0.2, 0.25) is 0 Å². The predicted molar refractivity (Wildman–Crippen MR) is 147 cm³/mol. The molecule has 0 saturated carbocycles. The Balaban J connectivity index is 1.36. The first-order chi connectivity index (χ1) is 17.6. The van der Waals surface area contributed by atoms with Crippen LogP contribution in [0.25, 0.3) is 6.08 Å². The van der Waals surface area contributed by atoms with Crippen LogP contribution < -0.4 is 10.1 Å². The van der Waals surface area contributed by atoms with Crippen LogP contribution in [0, 0.1) is 19.7 Å². The van der Waals surface area contributed by atoms with E-state index in [-0.39, 0.29) is 34.6 Å². The Hall–Kier alpha value is -3.14. The van der Waals surface area contributed by atoms with Crippen LogP contribution in [0.4, 0.5) is 14.9 Å². The number of carbonyl (C=O) groups is 3. The van der Waals surface area contributed by atoms with Crippen molar-refractivity contribution in [2.75, 3.05) is 11.9 Å². The number of imide groups is 1. The zero-order valence-corrected chi connectivity index (χ0v) is 23.0. The Morgan fingerprint density at radius 1 is 1.14 bits per heavy atom. The van der Waals surface area contributed by atoms with Crippen molar-refractivity contribution < 1.29 is 23.5 Å². The van der Waals surface area contributed by atoms with Crippen LogP contribution in [0.2, 0.25) is 5.02 Å². The van der Waals surface area contributed by atoms with Gasteiger partial charge in [-0.2, -0.15) is 0 Å². The Morgan fingerprint density at radius 3 is 2.54 bits per heavy atom. The Morgan fingerprint density at radius 2 is 1.84 bits per heavy atom. The largest absolute Gasteiger partial charge is 0.484 e. The molecule has 4 rings (SSSR count). The smallest absolute Gasteiger partial charge is 0.293 e. The van der Waals surface area contributed by atoms with Crippen LogP contribution in [0.5, 0.6) is 5.75 Å². The Labute approximate surface area is 231 Å². The van der Waals surface area contributed by atoms with Crippen molar-refractivity contribution in [3.8, 4) is 5.75 Å². The summed E-state index contributed by atoms with van der Waals surface area (Å²) >= 11 is 10.3. The number of nitrogens with one attached hydrogen (secondary N) is 1. The third kappa shape index (κ3) is 6.41. The number of nitrogens with zero attached hydrogens (tertiary/aromatic N) is 1. The number of hydrogen-bond donors (Lipinski definition) is 1. The molecule has 0 unspecified atom stereocenters. The number of rotatable bonds is 7. The third-order valence-electron chi connectivity index (χ3n) is 5.66. The van der Waals surface area contributed by atoms with Crippen LogP contribution in [0.15, 0.2) is 64.0 Å². The summed E-state index contributed by atoms with van der Waals surface area (Å²) in [7, 11) is 0. The molecule has 1 N–H and O–H groups in total. The number of halogens is 3. The van der Waals surface area contributed by atoms with Gasteiger partial charge in [-0.15, -0.1) is 0 Å². The summed E-state index contributed by atoms with van der Waals surface area (Å²) in [6.07, 6.45) is 1.57. The van der Waals surface area contributed by atoms with Crippen molar-refractivity contribution in [3.05, 3.63) is 97.1 Å². The molecule has 3 aromatic carbocycles. The van der Waals surface area contributed by atoms with Gasteiger partial charge in [0.1, 0.15) is 11.6 Å². The van der Waals surface area contributed by atoms with Crippen LogP contribution in [0.1, 0.15) is 22.3 Å². The number of anilines is 1. The number of aryl methyl sites for hydroxylation is 2. The highest BCUT2D eigenvalue weighted by atomic mass is 79.9. The van der Waals surface area contributed by atoms with E-state index in [1.54, 1.807) is 30.3 Å². The van der Waals surface area contributed by atoms with E-state index in [0.29, 0.717) is 17.0 Å². The van der Waals surface area contributed by atoms with Gasteiger partial charge in [-0.3, -0.25) is 19.3 Å². The van der Waals surface area contributed by atoms with E-state index in [1.165, 1.54) is 18.2 Å². The van der Waals surface area contributed by atoms with Crippen LogP contribution in [0.3, 0.4) is 0 Å². The van der Waals surface area contributed by atoms with Gasteiger partial charge in [-0.1, -0.05) is 29.8 Å². The molecule has 0 aliphatic carbocycles. The van der Waals surface area contributed by atoms with Gasteiger partial charge >= 0.3 is 0 Å². The topological polar surface area (TPSA) is 75.7 Å². The van der Waals surface area contributed by atoms with Gasteiger partial charge in [0.15, 0.2) is 6.61 Å². The van der Waals surface area contributed by atoms with Crippen molar-refractivity contribution in [2.24, 2.45) is 0 Å². The van der Waals surface area contributed by atoms with Crippen molar-refractivity contribution in [3.63, 3.8) is 0 Å². The highest BCUT2D eigenvalue weighted by Gasteiger charge is 2.35. The molecular weight excluding hydrogens is 583 g/mol. The maximum absolute atomic E-state index is 14.1. The van der Waals surface area contributed by atoms with Gasteiger partial charge in [0.25, 0.3) is 17.1 Å². The van der Waals surface area contributed by atoms with Gasteiger partial charge in [-0.05, 0) is 101 Å². The van der Waals surface area contributed by atoms with Crippen molar-refractivity contribution in [2.45, 2.75) is 20.4 Å². The van der Waals surface area contributed by atoms with Gasteiger partial charge < -0.3 is 10.1 Å². The molecule has 1 saturated heterocycles. The average Bonchev–Trinajstić information content (AvgIpc) is 3.11. The molecule has 1 fully saturated rings. The first-order valence-corrected chi connectivity index (χ1v) is 13.1. The fourth-order valence-corrected chi connectivity index (χ4v) is 5.12. The second-order valence-electron chi connectivity index (χ2n) is 8.29. The summed E-state index contributed by atoms with van der Waals surface area (Å²) < 4.78 is 20.5.